The summed E-state index contributed by atoms with van der Waals surface area (Å²) in [6.07, 6.45) is 2.01. The van der Waals surface area contributed by atoms with E-state index in [1.165, 1.54) is 29.2 Å². The van der Waals surface area contributed by atoms with Crippen LogP contribution in [-0.2, 0) is 4.79 Å². The van der Waals surface area contributed by atoms with Crippen LogP contribution in [0.4, 0.5) is 15.8 Å². The third-order valence-corrected chi connectivity index (χ3v) is 3.41. The van der Waals surface area contributed by atoms with Crippen LogP contribution in [-0.4, -0.2) is 18.7 Å². The molecule has 3 nitrogen and oxygen atoms in total. The van der Waals surface area contributed by atoms with Crippen LogP contribution in [0.5, 0.6) is 0 Å². The number of rotatable bonds is 5. The number of hydrogen-bond acceptors (Lipinski definition) is 3. The summed E-state index contributed by atoms with van der Waals surface area (Å²) in [5.74, 6) is -0.499. The lowest BCUT2D eigenvalue weighted by Crippen LogP contribution is -2.21. The van der Waals surface area contributed by atoms with Gasteiger partial charge in [0.05, 0.1) is 6.54 Å². The Morgan fingerprint density at radius 3 is 2.25 bits per heavy atom. The van der Waals surface area contributed by atoms with E-state index < -0.39 is 0 Å². The molecular weight excluding hydrogens is 275 g/mol. The minimum Gasteiger partial charge on any atom is -0.376 e. The zero-order valence-electron chi connectivity index (χ0n) is 11.0. The van der Waals surface area contributed by atoms with Crippen LogP contribution in [0.25, 0.3) is 0 Å². The number of benzene rings is 2. The second kappa shape index (κ2) is 6.96. The molecule has 104 valence electrons. The molecule has 0 saturated heterocycles. The average Bonchev–Trinajstić information content (AvgIpc) is 2.48. The predicted molar refractivity (Wildman–Crippen MR) is 81.7 cm³/mol. The summed E-state index contributed by atoms with van der Waals surface area (Å²) >= 11 is 1.67. The Morgan fingerprint density at radius 2 is 1.65 bits per heavy atom. The summed E-state index contributed by atoms with van der Waals surface area (Å²) in [4.78, 5) is 12.9. The summed E-state index contributed by atoms with van der Waals surface area (Å²) in [5.41, 5.74) is 1.47. The molecule has 0 spiro atoms. The van der Waals surface area contributed by atoms with Gasteiger partial charge in [-0.05, 0) is 54.8 Å². The molecule has 0 atom stereocenters. The van der Waals surface area contributed by atoms with Crippen LogP contribution in [0.1, 0.15) is 0 Å². The molecule has 0 heterocycles. The van der Waals surface area contributed by atoms with Crippen molar-refractivity contribution in [1.82, 2.24) is 0 Å². The van der Waals surface area contributed by atoms with E-state index in [2.05, 4.69) is 10.6 Å². The van der Waals surface area contributed by atoms with Crippen molar-refractivity contribution in [1.29, 1.82) is 0 Å². The van der Waals surface area contributed by atoms with E-state index in [1.807, 2.05) is 30.5 Å². The lowest BCUT2D eigenvalue weighted by Gasteiger charge is -2.08. The lowest BCUT2D eigenvalue weighted by molar-refractivity contribution is -0.114. The van der Waals surface area contributed by atoms with Crippen molar-refractivity contribution in [2.75, 3.05) is 23.4 Å². The first-order valence-electron chi connectivity index (χ1n) is 6.11. The maximum absolute atomic E-state index is 12.7. The van der Waals surface area contributed by atoms with Crippen molar-refractivity contribution < 1.29 is 9.18 Å². The van der Waals surface area contributed by atoms with Gasteiger partial charge in [0.25, 0.3) is 0 Å². The van der Waals surface area contributed by atoms with E-state index in [0.29, 0.717) is 5.69 Å². The lowest BCUT2D eigenvalue weighted by atomic mass is 10.3. The van der Waals surface area contributed by atoms with Gasteiger partial charge in [-0.15, -0.1) is 11.8 Å². The van der Waals surface area contributed by atoms with Crippen molar-refractivity contribution in [2.45, 2.75) is 4.90 Å². The van der Waals surface area contributed by atoms with E-state index in [4.69, 9.17) is 0 Å². The minimum atomic E-state index is -0.324. The number of nitrogens with one attached hydrogen (secondary N) is 2. The number of anilines is 2. The van der Waals surface area contributed by atoms with Crippen LogP contribution in [0.2, 0.25) is 0 Å². The number of carbonyl (C=O) groups is 1. The Kier molecular flexibility index (Phi) is 5.01. The number of hydrogen-bond donors (Lipinski definition) is 2. The van der Waals surface area contributed by atoms with Crippen LogP contribution >= 0.6 is 11.8 Å². The Morgan fingerprint density at radius 1 is 1.05 bits per heavy atom. The molecule has 2 rings (SSSR count). The maximum Gasteiger partial charge on any atom is 0.243 e. The van der Waals surface area contributed by atoms with Gasteiger partial charge in [0.1, 0.15) is 5.82 Å². The quantitative estimate of drug-likeness (QED) is 0.827. The van der Waals surface area contributed by atoms with E-state index in [0.717, 1.165) is 5.69 Å². The molecule has 0 aliphatic heterocycles. The van der Waals surface area contributed by atoms with Crippen LogP contribution in [0, 0.1) is 5.82 Å². The number of amides is 1. The number of halogens is 1. The first-order valence-corrected chi connectivity index (χ1v) is 7.33. The summed E-state index contributed by atoms with van der Waals surface area (Å²) in [6, 6.07) is 13.5. The molecule has 0 bridgehead atoms. The zero-order valence-corrected chi connectivity index (χ0v) is 11.8. The van der Waals surface area contributed by atoms with Gasteiger partial charge in [-0.3, -0.25) is 4.79 Å². The minimum absolute atomic E-state index is 0.163. The monoisotopic (exact) mass is 290 g/mol. The van der Waals surface area contributed by atoms with Gasteiger partial charge in [0.15, 0.2) is 0 Å². The molecule has 0 unspecified atom stereocenters. The van der Waals surface area contributed by atoms with Gasteiger partial charge < -0.3 is 10.6 Å². The third kappa shape index (κ3) is 4.28. The van der Waals surface area contributed by atoms with Crippen molar-refractivity contribution >= 4 is 29.0 Å². The highest BCUT2D eigenvalue weighted by Crippen LogP contribution is 2.17. The van der Waals surface area contributed by atoms with Crippen molar-refractivity contribution in [2.24, 2.45) is 0 Å². The summed E-state index contributed by atoms with van der Waals surface area (Å²) in [6.45, 7) is 0.163. The Bertz CT molecular complexity index is 569. The predicted octanol–water partition coefficient (Wildman–Crippen LogP) is 3.60. The highest BCUT2D eigenvalue weighted by atomic mass is 32.2. The fourth-order valence-corrected chi connectivity index (χ4v) is 2.04. The Labute approximate surface area is 121 Å². The molecular formula is C15H15FN2OS. The Balaban J connectivity index is 1.83. The Hall–Kier alpha value is -2.01. The van der Waals surface area contributed by atoms with Gasteiger partial charge in [0.2, 0.25) is 5.91 Å². The maximum atomic E-state index is 12.7. The smallest absolute Gasteiger partial charge is 0.243 e. The van der Waals surface area contributed by atoms with Gasteiger partial charge in [-0.25, -0.2) is 4.39 Å². The van der Waals surface area contributed by atoms with Crippen molar-refractivity contribution in [3.05, 3.63) is 54.3 Å². The van der Waals surface area contributed by atoms with Crippen molar-refractivity contribution in [3.63, 3.8) is 0 Å². The number of thioether (sulfide) groups is 1. The van der Waals surface area contributed by atoms with Gasteiger partial charge in [0, 0.05) is 16.3 Å². The molecule has 0 fully saturated rings. The van der Waals surface area contributed by atoms with Crippen LogP contribution in [0.3, 0.4) is 0 Å². The second-order valence-corrected chi connectivity index (χ2v) is 5.02. The normalized spacial score (nSPS) is 10.1. The fourth-order valence-electron chi connectivity index (χ4n) is 1.63. The molecule has 0 aliphatic carbocycles. The summed E-state index contributed by atoms with van der Waals surface area (Å²) in [7, 11) is 0. The molecule has 5 heteroatoms. The largest absolute Gasteiger partial charge is 0.376 e. The fraction of sp³-hybridized carbons (Fsp3) is 0.133. The molecule has 2 aromatic carbocycles. The van der Waals surface area contributed by atoms with E-state index >= 15 is 0 Å². The van der Waals surface area contributed by atoms with Gasteiger partial charge in [-0.1, -0.05) is 0 Å². The topological polar surface area (TPSA) is 41.1 Å². The first-order chi connectivity index (χ1) is 9.67. The molecule has 0 aliphatic rings. The highest BCUT2D eigenvalue weighted by molar-refractivity contribution is 7.98. The standard InChI is InChI=1S/C15H15FN2OS/c1-20-14-8-6-12(7-9-14)17-10-15(19)18-13-4-2-11(16)3-5-13/h2-9,17H,10H2,1H3,(H,18,19). The first kappa shape index (κ1) is 14.4. The SMILES string of the molecule is CSc1ccc(NCC(=O)Nc2ccc(F)cc2)cc1. The molecule has 20 heavy (non-hydrogen) atoms. The van der Waals surface area contributed by atoms with Gasteiger partial charge in [-0.2, -0.15) is 0 Å². The molecule has 0 radical (unpaired) electrons. The highest BCUT2D eigenvalue weighted by Gasteiger charge is 2.02. The van der Waals surface area contributed by atoms with E-state index in [9.17, 15) is 9.18 Å². The zero-order chi connectivity index (χ0) is 14.4. The molecule has 0 saturated carbocycles. The molecule has 0 aromatic heterocycles. The van der Waals surface area contributed by atoms with E-state index in [1.54, 1.807) is 11.8 Å². The van der Waals surface area contributed by atoms with Crippen LogP contribution in [0.15, 0.2) is 53.4 Å². The van der Waals surface area contributed by atoms with Gasteiger partial charge >= 0.3 is 0 Å². The van der Waals surface area contributed by atoms with Crippen molar-refractivity contribution in [3.8, 4) is 0 Å². The number of carbonyl (C=O) groups excluding carboxylic acids is 1. The van der Waals surface area contributed by atoms with Crippen LogP contribution < -0.4 is 10.6 Å². The average molecular weight is 290 g/mol. The molecule has 2 N–H and O–H groups in total. The third-order valence-electron chi connectivity index (χ3n) is 2.67. The van der Waals surface area contributed by atoms with E-state index in [-0.39, 0.29) is 18.3 Å². The molecule has 1 amide bonds. The second-order valence-electron chi connectivity index (χ2n) is 4.14. The molecule has 2 aromatic rings. The summed E-state index contributed by atoms with van der Waals surface area (Å²) in [5, 5.41) is 5.72. The summed E-state index contributed by atoms with van der Waals surface area (Å²) < 4.78 is 12.7.